The number of ether oxygens (including phenoxy) is 1. The molecule has 120 valence electrons. The fraction of sp³-hybridized carbons (Fsp3) is 0.333. The van der Waals surface area contributed by atoms with Crippen molar-refractivity contribution < 1.29 is 31.9 Å². The van der Waals surface area contributed by atoms with Gasteiger partial charge in [0, 0.05) is 11.1 Å². The van der Waals surface area contributed by atoms with Gasteiger partial charge in [0.25, 0.3) is 6.08 Å². The van der Waals surface area contributed by atoms with Crippen molar-refractivity contribution in [3.63, 3.8) is 0 Å². The van der Waals surface area contributed by atoms with Crippen LogP contribution in [0.3, 0.4) is 0 Å². The summed E-state index contributed by atoms with van der Waals surface area (Å²) in [5, 5.41) is 0. The summed E-state index contributed by atoms with van der Waals surface area (Å²) in [7, 11) is 0. The molecule has 0 N–H and O–H groups in total. The molecule has 0 atom stereocenters. The van der Waals surface area contributed by atoms with Gasteiger partial charge in [-0.05, 0) is 25.5 Å². The van der Waals surface area contributed by atoms with Gasteiger partial charge in [0.2, 0.25) is 0 Å². The maximum Gasteiger partial charge on any atom is 0.377 e. The Morgan fingerprint density at radius 1 is 1.18 bits per heavy atom. The monoisotopic (exact) mass is 318 g/mol. The van der Waals surface area contributed by atoms with Gasteiger partial charge in [-0.3, -0.25) is 4.79 Å². The van der Waals surface area contributed by atoms with Crippen LogP contribution in [0.25, 0.3) is 5.57 Å². The molecule has 0 bridgehead atoms. The van der Waals surface area contributed by atoms with E-state index in [1.165, 1.54) is 32.0 Å². The van der Waals surface area contributed by atoms with E-state index >= 15 is 0 Å². The van der Waals surface area contributed by atoms with Gasteiger partial charge in [0.1, 0.15) is 0 Å². The summed E-state index contributed by atoms with van der Waals surface area (Å²) < 4.78 is 57.5. The number of allylic oxidation sites excluding steroid dienone is 1. The standard InChI is InChI=1S/C15H14F4O3/c1-3-22-14(21)15(18,19)8-12(13(16)17)11-6-4-5-10(7-11)9(2)20/h4-7H,3,8H2,1-2H3. The van der Waals surface area contributed by atoms with Crippen LogP contribution in [0.5, 0.6) is 0 Å². The highest BCUT2D eigenvalue weighted by molar-refractivity contribution is 5.95. The van der Waals surface area contributed by atoms with E-state index in [4.69, 9.17) is 0 Å². The van der Waals surface area contributed by atoms with Crippen LogP contribution in [-0.4, -0.2) is 24.3 Å². The predicted octanol–water partition coefficient (Wildman–Crippen LogP) is 4.09. The van der Waals surface area contributed by atoms with E-state index in [9.17, 15) is 27.2 Å². The zero-order chi connectivity index (χ0) is 16.9. The number of ketones is 1. The molecule has 1 aromatic carbocycles. The van der Waals surface area contributed by atoms with Crippen LogP contribution in [0.2, 0.25) is 0 Å². The van der Waals surface area contributed by atoms with Crippen molar-refractivity contribution in [1.82, 2.24) is 0 Å². The van der Waals surface area contributed by atoms with Gasteiger partial charge in [0.15, 0.2) is 5.78 Å². The van der Waals surface area contributed by atoms with E-state index in [0.717, 1.165) is 6.07 Å². The molecule has 0 spiro atoms. The number of hydrogen-bond acceptors (Lipinski definition) is 3. The smallest absolute Gasteiger partial charge is 0.377 e. The first kappa shape index (κ1) is 17.9. The summed E-state index contributed by atoms with van der Waals surface area (Å²) >= 11 is 0. The Bertz CT molecular complexity index is 605. The van der Waals surface area contributed by atoms with E-state index in [0.29, 0.717) is 0 Å². The van der Waals surface area contributed by atoms with Crippen LogP contribution in [-0.2, 0) is 9.53 Å². The molecule has 3 nitrogen and oxygen atoms in total. The Kier molecular flexibility index (Phi) is 5.84. The van der Waals surface area contributed by atoms with Crippen LogP contribution in [0.15, 0.2) is 30.3 Å². The number of carbonyl (C=O) groups is 2. The second kappa shape index (κ2) is 7.20. The van der Waals surface area contributed by atoms with E-state index in [1.807, 2.05) is 0 Å². The maximum absolute atomic E-state index is 13.7. The van der Waals surface area contributed by atoms with Gasteiger partial charge < -0.3 is 4.74 Å². The topological polar surface area (TPSA) is 43.4 Å². The largest absolute Gasteiger partial charge is 0.462 e. The number of carbonyl (C=O) groups excluding carboxylic acids is 2. The average Bonchev–Trinajstić information content (AvgIpc) is 2.45. The first-order valence-corrected chi connectivity index (χ1v) is 6.39. The quantitative estimate of drug-likeness (QED) is 0.451. The van der Waals surface area contributed by atoms with E-state index in [1.54, 1.807) is 0 Å². The van der Waals surface area contributed by atoms with Crippen LogP contribution in [0.4, 0.5) is 17.6 Å². The molecular formula is C15H14F4O3. The lowest BCUT2D eigenvalue weighted by atomic mass is 9.97. The minimum Gasteiger partial charge on any atom is -0.462 e. The molecule has 0 amide bonds. The van der Waals surface area contributed by atoms with Gasteiger partial charge in [-0.25, -0.2) is 4.79 Å². The Hall–Kier alpha value is -2.18. The van der Waals surface area contributed by atoms with Crippen molar-refractivity contribution in [3.05, 3.63) is 41.5 Å². The summed E-state index contributed by atoms with van der Waals surface area (Å²) in [5.41, 5.74) is -1.13. The molecule has 0 heterocycles. The summed E-state index contributed by atoms with van der Waals surface area (Å²) in [6.07, 6.45) is -3.85. The highest BCUT2D eigenvalue weighted by Gasteiger charge is 2.42. The second-order valence-electron chi connectivity index (χ2n) is 4.48. The summed E-state index contributed by atoms with van der Waals surface area (Å²) in [6, 6.07) is 4.93. The fourth-order valence-corrected chi connectivity index (χ4v) is 1.73. The minimum atomic E-state index is -4.08. The van der Waals surface area contributed by atoms with Crippen molar-refractivity contribution in [2.45, 2.75) is 26.2 Å². The fourth-order valence-electron chi connectivity index (χ4n) is 1.73. The number of rotatable bonds is 6. The predicted molar refractivity (Wildman–Crippen MR) is 71.8 cm³/mol. The molecule has 0 aliphatic rings. The second-order valence-corrected chi connectivity index (χ2v) is 4.48. The molecule has 0 aliphatic heterocycles. The molecule has 0 saturated heterocycles. The zero-order valence-electron chi connectivity index (χ0n) is 12.0. The lowest BCUT2D eigenvalue weighted by Crippen LogP contribution is -2.31. The molecule has 0 aliphatic carbocycles. The SMILES string of the molecule is CCOC(=O)C(F)(F)CC(=C(F)F)c1cccc(C(C)=O)c1. The van der Waals surface area contributed by atoms with Crippen LogP contribution >= 0.6 is 0 Å². The van der Waals surface area contributed by atoms with Gasteiger partial charge in [0.05, 0.1) is 13.0 Å². The maximum atomic E-state index is 13.7. The van der Waals surface area contributed by atoms with E-state index in [-0.39, 0.29) is 17.7 Å². The molecule has 0 unspecified atom stereocenters. The van der Waals surface area contributed by atoms with Gasteiger partial charge in [-0.1, -0.05) is 18.2 Å². The number of hydrogen-bond donors (Lipinski definition) is 0. The molecule has 7 heteroatoms. The first-order chi connectivity index (χ1) is 10.2. The number of halogens is 4. The molecule has 0 aromatic heterocycles. The molecule has 22 heavy (non-hydrogen) atoms. The van der Waals surface area contributed by atoms with Crippen LogP contribution in [0, 0.1) is 0 Å². The third kappa shape index (κ3) is 4.41. The summed E-state index contributed by atoms with van der Waals surface area (Å²) in [4.78, 5) is 22.4. The highest BCUT2D eigenvalue weighted by atomic mass is 19.3. The Balaban J connectivity index is 3.17. The third-order valence-electron chi connectivity index (χ3n) is 2.82. The van der Waals surface area contributed by atoms with Crippen LogP contribution in [0.1, 0.15) is 36.2 Å². The Morgan fingerprint density at radius 2 is 1.77 bits per heavy atom. The Labute approximate surface area is 124 Å². The molecule has 0 saturated carbocycles. The normalized spacial score (nSPS) is 11.0. The van der Waals surface area contributed by atoms with E-state index in [2.05, 4.69) is 4.74 Å². The van der Waals surface area contributed by atoms with Crippen molar-refractivity contribution in [2.75, 3.05) is 6.61 Å². The number of Topliss-reactive ketones (excluding diaryl/α,β-unsaturated/α-hetero) is 1. The molecule has 1 aromatic rings. The number of benzene rings is 1. The molecular weight excluding hydrogens is 304 g/mol. The summed E-state index contributed by atoms with van der Waals surface area (Å²) in [5.74, 6) is -6.34. The van der Waals surface area contributed by atoms with Crippen molar-refractivity contribution in [2.24, 2.45) is 0 Å². The molecule has 0 radical (unpaired) electrons. The number of alkyl halides is 2. The highest BCUT2D eigenvalue weighted by Crippen LogP contribution is 2.34. The van der Waals surface area contributed by atoms with Crippen LogP contribution < -0.4 is 0 Å². The molecule has 1 rings (SSSR count). The lowest BCUT2D eigenvalue weighted by Gasteiger charge is -2.16. The van der Waals surface area contributed by atoms with E-state index < -0.39 is 35.7 Å². The van der Waals surface area contributed by atoms with Crippen molar-refractivity contribution in [3.8, 4) is 0 Å². The zero-order valence-corrected chi connectivity index (χ0v) is 12.0. The third-order valence-corrected chi connectivity index (χ3v) is 2.82. The van der Waals surface area contributed by atoms with Crippen molar-refractivity contribution in [1.29, 1.82) is 0 Å². The van der Waals surface area contributed by atoms with Gasteiger partial charge >= 0.3 is 11.9 Å². The first-order valence-electron chi connectivity index (χ1n) is 6.39. The average molecular weight is 318 g/mol. The lowest BCUT2D eigenvalue weighted by molar-refractivity contribution is -0.170. The Morgan fingerprint density at radius 3 is 2.27 bits per heavy atom. The van der Waals surface area contributed by atoms with Gasteiger partial charge in [-0.15, -0.1) is 0 Å². The van der Waals surface area contributed by atoms with Gasteiger partial charge in [-0.2, -0.15) is 17.6 Å². The molecule has 0 fully saturated rings. The minimum absolute atomic E-state index is 0.107. The van der Waals surface area contributed by atoms with Crippen molar-refractivity contribution >= 4 is 17.3 Å². The summed E-state index contributed by atoms with van der Waals surface area (Å²) in [6.45, 7) is 2.27. The number of esters is 1.